The molecule has 0 bridgehead atoms. The minimum Gasteiger partial charge on any atom is -0.486 e. The van der Waals surface area contributed by atoms with Gasteiger partial charge in [0.1, 0.15) is 13.2 Å². The van der Waals surface area contributed by atoms with Gasteiger partial charge in [0.2, 0.25) is 0 Å². The van der Waals surface area contributed by atoms with Gasteiger partial charge in [-0.25, -0.2) is 0 Å². The van der Waals surface area contributed by atoms with E-state index in [1.807, 2.05) is 6.07 Å². The van der Waals surface area contributed by atoms with Gasteiger partial charge in [0, 0.05) is 13.1 Å². The standard InChI is InChI=1S/C14H20N2O2.ClH/c15-8-12-3-4-16(10-12)9-11-1-2-13-14(7-11)18-6-5-17-13;/h1-2,7,12H,3-6,8-10,15H2;1H. The van der Waals surface area contributed by atoms with Gasteiger partial charge in [0.25, 0.3) is 0 Å². The van der Waals surface area contributed by atoms with Gasteiger partial charge in [-0.3, -0.25) is 4.90 Å². The molecule has 0 spiro atoms. The number of halogens is 1. The van der Waals surface area contributed by atoms with Crippen molar-refractivity contribution in [2.75, 3.05) is 32.8 Å². The van der Waals surface area contributed by atoms with Crippen molar-refractivity contribution in [1.29, 1.82) is 0 Å². The van der Waals surface area contributed by atoms with Crippen molar-refractivity contribution < 1.29 is 9.47 Å². The Balaban J connectivity index is 0.00000133. The van der Waals surface area contributed by atoms with Crippen molar-refractivity contribution in [3.8, 4) is 11.5 Å². The van der Waals surface area contributed by atoms with E-state index in [0.717, 1.165) is 37.7 Å². The molecule has 0 aromatic heterocycles. The number of rotatable bonds is 3. The first-order valence-electron chi connectivity index (χ1n) is 6.66. The summed E-state index contributed by atoms with van der Waals surface area (Å²) < 4.78 is 11.1. The monoisotopic (exact) mass is 284 g/mol. The van der Waals surface area contributed by atoms with Crippen LogP contribution in [0.5, 0.6) is 11.5 Å². The summed E-state index contributed by atoms with van der Waals surface area (Å²) in [6, 6.07) is 6.24. The Kier molecular flexibility index (Phi) is 4.91. The van der Waals surface area contributed by atoms with Gasteiger partial charge < -0.3 is 15.2 Å². The van der Waals surface area contributed by atoms with Gasteiger partial charge in [0.15, 0.2) is 11.5 Å². The van der Waals surface area contributed by atoms with Crippen LogP contribution in [-0.2, 0) is 6.54 Å². The fourth-order valence-electron chi connectivity index (χ4n) is 2.69. The van der Waals surface area contributed by atoms with Crippen molar-refractivity contribution in [1.82, 2.24) is 4.90 Å². The molecular formula is C14H21ClN2O2. The number of hydrogen-bond acceptors (Lipinski definition) is 4. The lowest BCUT2D eigenvalue weighted by Crippen LogP contribution is -2.23. The van der Waals surface area contributed by atoms with Crippen LogP contribution in [0.3, 0.4) is 0 Å². The Morgan fingerprint density at radius 1 is 1.21 bits per heavy atom. The third-order valence-corrected chi connectivity index (χ3v) is 3.72. The van der Waals surface area contributed by atoms with Gasteiger partial charge in [-0.2, -0.15) is 0 Å². The van der Waals surface area contributed by atoms with Crippen LogP contribution < -0.4 is 15.2 Å². The van der Waals surface area contributed by atoms with Crippen molar-refractivity contribution in [3.05, 3.63) is 23.8 Å². The number of ether oxygens (including phenoxy) is 2. The summed E-state index contributed by atoms with van der Waals surface area (Å²) in [7, 11) is 0. The quantitative estimate of drug-likeness (QED) is 0.917. The van der Waals surface area contributed by atoms with Crippen LogP contribution in [0.1, 0.15) is 12.0 Å². The summed E-state index contributed by atoms with van der Waals surface area (Å²) in [6.45, 7) is 5.35. The molecule has 1 atom stereocenters. The summed E-state index contributed by atoms with van der Waals surface area (Å²) in [5.74, 6) is 2.42. The normalized spacial score (nSPS) is 22.1. The Bertz CT molecular complexity index is 428. The zero-order valence-electron chi connectivity index (χ0n) is 11.0. The van der Waals surface area contributed by atoms with Crippen LogP contribution in [0.4, 0.5) is 0 Å². The highest BCUT2D eigenvalue weighted by Crippen LogP contribution is 2.31. The highest BCUT2D eigenvalue weighted by molar-refractivity contribution is 5.85. The third-order valence-electron chi connectivity index (χ3n) is 3.72. The van der Waals surface area contributed by atoms with E-state index in [0.29, 0.717) is 19.1 Å². The highest BCUT2D eigenvalue weighted by atomic mass is 35.5. The maximum Gasteiger partial charge on any atom is 0.161 e. The number of benzene rings is 1. The molecule has 19 heavy (non-hydrogen) atoms. The fraction of sp³-hybridized carbons (Fsp3) is 0.571. The molecule has 2 heterocycles. The van der Waals surface area contributed by atoms with Gasteiger partial charge in [-0.15, -0.1) is 12.4 Å². The van der Waals surface area contributed by atoms with E-state index in [4.69, 9.17) is 15.2 Å². The molecule has 0 radical (unpaired) electrons. The van der Waals surface area contributed by atoms with E-state index in [9.17, 15) is 0 Å². The molecule has 1 aromatic rings. The molecule has 0 amide bonds. The Labute approximate surface area is 120 Å². The molecule has 1 fully saturated rings. The van der Waals surface area contributed by atoms with Crippen LogP contribution in [0.2, 0.25) is 0 Å². The SMILES string of the molecule is Cl.NCC1CCN(Cc2ccc3c(c2)OCCO3)C1. The lowest BCUT2D eigenvalue weighted by Gasteiger charge is -2.20. The second-order valence-electron chi connectivity index (χ2n) is 5.10. The Morgan fingerprint density at radius 3 is 2.74 bits per heavy atom. The van der Waals surface area contributed by atoms with Gasteiger partial charge in [0.05, 0.1) is 0 Å². The zero-order valence-corrected chi connectivity index (χ0v) is 11.8. The van der Waals surface area contributed by atoms with Crippen molar-refractivity contribution in [2.24, 2.45) is 11.7 Å². The molecule has 2 aliphatic rings. The van der Waals surface area contributed by atoms with Gasteiger partial charge >= 0.3 is 0 Å². The van der Waals surface area contributed by atoms with E-state index in [1.54, 1.807) is 0 Å². The number of fused-ring (bicyclic) bond motifs is 1. The Morgan fingerprint density at radius 2 is 2.00 bits per heavy atom. The maximum atomic E-state index is 5.72. The lowest BCUT2D eigenvalue weighted by molar-refractivity contribution is 0.171. The van der Waals surface area contributed by atoms with E-state index in [-0.39, 0.29) is 12.4 Å². The minimum atomic E-state index is 0. The van der Waals surface area contributed by atoms with Crippen LogP contribution in [0.15, 0.2) is 18.2 Å². The lowest BCUT2D eigenvalue weighted by atomic mass is 10.1. The average molecular weight is 285 g/mol. The molecule has 106 valence electrons. The molecule has 1 saturated heterocycles. The van der Waals surface area contributed by atoms with Crippen LogP contribution in [0.25, 0.3) is 0 Å². The van der Waals surface area contributed by atoms with Crippen molar-refractivity contribution >= 4 is 12.4 Å². The molecule has 2 aliphatic heterocycles. The first-order chi connectivity index (χ1) is 8.85. The molecule has 3 rings (SSSR count). The largest absolute Gasteiger partial charge is 0.486 e. The van der Waals surface area contributed by atoms with Crippen LogP contribution >= 0.6 is 12.4 Å². The molecule has 4 nitrogen and oxygen atoms in total. The summed E-state index contributed by atoms with van der Waals surface area (Å²) in [6.07, 6.45) is 1.22. The number of nitrogens with zero attached hydrogens (tertiary/aromatic N) is 1. The first-order valence-corrected chi connectivity index (χ1v) is 6.66. The second-order valence-corrected chi connectivity index (χ2v) is 5.10. The molecule has 1 aromatic carbocycles. The fourth-order valence-corrected chi connectivity index (χ4v) is 2.69. The number of hydrogen-bond donors (Lipinski definition) is 1. The van der Waals surface area contributed by atoms with Gasteiger partial charge in [-0.1, -0.05) is 6.07 Å². The first kappa shape index (κ1) is 14.4. The van der Waals surface area contributed by atoms with Crippen molar-refractivity contribution in [2.45, 2.75) is 13.0 Å². The molecule has 2 N–H and O–H groups in total. The molecule has 0 saturated carbocycles. The van der Waals surface area contributed by atoms with E-state index < -0.39 is 0 Å². The molecular weight excluding hydrogens is 264 g/mol. The van der Waals surface area contributed by atoms with Crippen LogP contribution in [-0.4, -0.2) is 37.7 Å². The number of nitrogens with two attached hydrogens (primary N) is 1. The summed E-state index contributed by atoms with van der Waals surface area (Å²) in [4.78, 5) is 2.46. The summed E-state index contributed by atoms with van der Waals surface area (Å²) in [5.41, 5.74) is 7.01. The Hall–Kier alpha value is -0.970. The minimum absolute atomic E-state index is 0. The summed E-state index contributed by atoms with van der Waals surface area (Å²) >= 11 is 0. The van der Waals surface area contributed by atoms with E-state index in [2.05, 4.69) is 17.0 Å². The van der Waals surface area contributed by atoms with Gasteiger partial charge in [-0.05, 0) is 43.1 Å². The maximum absolute atomic E-state index is 5.72. The molecule has 5 heteroatoms. The molecule has 0 aliphatic carbocycles. The third kappa shape index (κ3) is 3.32. The average Bonchev–Trinajstić information content (AvgIpc) is 2.86. The smallest absolute Gasteiger partial charge is 0.161 e. The second kappa shape index (κ2) is 6.46. The van der Waals surface area contributed by atoms with Crippen LogP contribution in [0, 0.1) is 5.92 Å². The summed E-state index contributed by atoms with van der Waals surface area (Å²) in [5, 5.41) is 0. The number of likely N-dealkylation sites (tertiary alicyclic amines) is 1. The molecule has 1 unspecified atom stereocenters. The predicted molar refractivity (Wildman–Crippen MR) is 77.1 cm³/mol. The van der Waals surface area contributed by atoms with E-state index >= 15 is 0 Å². The zero-order chi connectivity index (χ0) is 12.4. The van der Waals surface area contributed by atoms with Crippen molar-refractivity contribution in [3.63, 3.8) is 0 Å². The van der Waals surface area contributed by atoms with E-state index in [1.165, 1.54) is 12.0 Å². The topological polar surface area (TPSA) is 47.7 Å². The highest BCUT2D eigenvalue weighted by Gasteiger charge is 2.21. The predicted octanol–water partition coefficient (Wildman–Crippen LogP) is 1.66.